The number of piperidine rings is 1. The number of benzene rings is 2. The third kappa shape index (κ3) is 5.69. The largest absolute Gasteiger partial charge is 0.356 e. The quantitative estimate of drug-likeness (QED) is 0.591. The highest BCUT2D eigenvalue weighted by Crippen LogP contribution is 2.24. The van der Waals surface area contributed by atoms with Gasteiger partial charge in [0.2, 0.25) is 5.91 Å². The van der Waals surface area contributed by atoms with Crippen molar-refractivity contribution in [3.63, 3.8) is 0 Å². The van der Waals surface area contributed by atoms with Crippen LogP contribution in [0.1, 0.15) is 31.7 Å². The molecule has 0 radical (unpaired) electrons. The molecule has 32 heavy (non-hydrogen) atoms. The zero-order chi connectivity index (χ0) is 22.3. The van der Waals surface area contributed by atoms with Gasteiger partial charge in [0, 0.05) is 30.9 Å². The number of carbonyl (C=O) groups is 1. The smallest absolute Gasteiger partial charge is 0.225 e. The molecule has 1 aromatic heterocycles. The van der Waals surface area contributed by atoms with Gasteiger partial charge in [0.15, 0.2) is 5.82 Å². The molecule has 1 fully saturated rings. The van der Waals surface area contributed by atoms with Gasteiger partial charge in [0.1, 0.15) is 11.6 Å². The average molecular weight is 433 g/mol. The first-order valence-corrected chi connectivity index (χ1v) is 11.3. The number of halogens is 1. The number of amides is 1. The van der Waals surface area contributed by atoms with Crippen LogP contribution in [0.25, 0.3) is 11.4 Å². The van der Waals surface area contributed by atoms with Crippen LogP contribution in [0.4, 0.5) is 10.2 Å². The fraction of sp³-hybridized carbons (Fsp3) is 0.346. The van der Waals surface area contributed by atoms with Crippen molar-refractivity contribution in [2.24, 2.45) is 5.92 Å². The number of rotatable bonds is 7. The van der Waals surface area contributed by atoms with Crippen molar-refractivity contribution in [2.75, 3.05) is 18.0 Å². The predicted molar refractivity (Wildman–Crippen MR) is 125 cm³/mol. The summed E-state index contributed by atoms with van der Waals surface area (Å²) >= 11 is 0. The summed E-state index contributed by atoms with van der Waals surface area (Å²) in [5.74, 6) is 0.981. The number of carbonyl (C=O) groups excluding carboxylic acids is 1. The summed E-state index contributed by atoms with van der Waals surface area (Å²) in [6, 6.07) is 18.6. The number of aryl methyl sites for hydroxylation is 1. The van der Waals surface area contributed by atoms with Crippen molar-refractivity contribution < 1.29 is 9.18 Å². The van der Waals surface area contributed by atoms with E-state index in [0.29, 0.717) is 17.9 Å². The molecule has 1 N–H and O–H groups in total. The van der Waals surface area contributed by atoms with E-state index in [1.807, 2.05) is 24.3 Å². The van der Waals surface area contributed by atoms with Crippen LogP contribution in [-0.4, -0.2) is 35.0 Å². The fourth-order valence-electron chi connectivity index (χ4n) is 4.15. The SMILES string of the molecule is C[C@H](CCc1ccccc1)NC(=O)[C@@H]1CCCN(c2ccnc(-c3cccc(F)c3)n2)C1. The van der Waals surface area contributed by atoms with Gasteiger partial charge in [-0.25, -0.2) is 14.4 Å². The molecular formula is C26H29FN4O. The molecule has 1 aliphatic heterocycles. The van der Waals surface area contributed by atoms with Gasteiger partial charge < -0.3 is 10.2 Å². The Balaban J connectivity index is 1.36. The minimum Gasteiger partial charge on any atom is -0.356 e. The van der Waals surface area contributed by atoms with Gasteiger partial charge in [-0.3, -0.25) is 4.79 Å². The second kappa shape index (κ2) is 10.4. The highest BCUT2D eigenvalue weighted by atomic mass is 19.1. The second-order valence-electron chi connectivity index (χ2n) is 8.47. The lowest BCUT2D eigenvalue weighted by molar-refractivity contribution is -0.125. The topological polar surface area (TPSA) is 58.1 Å². The molecule has 2 heterocycles. The molecule has 2 atom stereocenters. The van der Waals surface area contributed by atoms with Crippen molar-refractivity contribution in [1.29, 1.82) is 0 Å². The molecular weight excluding hydrogens is 403 g/mol. The molecule has 2 aromatic carbocycles. The first-order chi connectivity index (χ1) is 15.6. The van der Waals surface area contributed by atoms with Crippen molar-refractivity contribution in [3.05, 3.63) is 78.2 Å². The van der Waals surface area contributed by atoms with Gasteiger partial charge in [0.25, 0.3) is 0 Å². The summed E-state index contributed by atoms with van der Waals surface area (Å²) in [6.45, 7) is 3.53. The Labute approximate surface area is 188 Å². The minimum absolute atomic E-state index is 0.0736. The Kier molecular flexibility index (Phi) is 7.10. The van der Waals surface area contributed by atoms with Gasteiger partial charge in [-0.2, -0.15) is 0 Å². The van der Waals surface area contributed by atoms with Gasteiger partial charge in [-0.1, -0.05) is 42.5 Å². The van der Waals surface area contributed by atoms with Crippen molar-refractivity contribution in [3.8, 4) is 11.4 Å². The summed E-state index contributed by atoms with van der Waals surface area (Å²) in [7, 11) is 0. The van der Waals surface area contributed by atoms with Gasteiger partial charge in [-0.05, 0) is 56.4 Å². The summed E-state index contributed by atoms with van der Waals surface area (Å²) in [5.41, 5.74) is 1.93. The second-order valence-corrected chi connectivity index (χ2v) is 8.47. The summed E-state index contributed by atoms with van der Waals surface area (Å²) in [4.78, 5) is 24.0. The zero-order valence-corrected chi connectivity index (χ0v) is 18.4. The molecule has 0 saturated carbocycles. The maximum absolute atomic E-state index is 13.6. The Morgan fingerprint density at radius 3 is 2.84 bits per heavy atom. The van der Waals surface area contributed by atoms with Gasteiger partial charge in [-0.15, -0.1) is 0 Å². The van der Waals surface area contributed by atoms with Crippen LogP contribution in [-0.2, 0) is 11.2 Å². The normalized spacial score (nSPS) is 17.1. The molecule has 0 unspecified atom stereocenters. The molecule has 0 spiro atoms. The lowest BCUT2D eigenvalue weighted by atomic mass is 9.96. The summed E-state index contributed by atoms with van der Waals surface area (Å²) in [5, 5.41) is 3.20. The number of nitrogens with zero attached hydrogens (tertiary/aromatic N) is 3. The summed E-state index contributed by atoms with van der Waals surface area (Å²) in [6.07, 6.45) is 5.35. The number of hydrogen-bond acceptors (Lipinski definition) is 4. The maximum atomic E-state index is 13.6. The molecule has 3 aromatic rings. The van der Waals surface area contributed by atoms with Crippen LogP contribution in [0.3, 0.4) is 0 Å². The molecule has 6 heteroatoms. The highest BCUT2D eigenvalue weighted by molar-refractivity contribution is 5.79. The van der Waals surface area contributed by atoms with Crippen molar-refractivity contribution in [1.82, 2.24) is 15.3 Å². The van der Waals surface area contributed by atoms with Crippen molar-refractivity contribution in [2.45, 2.75) is 38.6 Å². The third-order valence-electron chi connectivity index (χ3n) is 5.94. The predicted octanol–water partition coefficient (Wildman–Crippen LogP) is 4.64. The molecule has 0 bridgehead atoms. The van der Waals surface area contributed by atoms with Crippen LogP contribution < -0.4 is 10.2 Å². The minimum atomic E-state index is -0.312. The number of aromatic nitrogens is 2. The van der Waals surface area contributed by atoms with Crippen LogP contribution in [0, 0.1) is 11.7 Å². The van der Waals surface area contributed by atoms with Crippen LogP contribution in [0.15, 0.2) is 66.9 Å². The summed E-state index contributed by atoms with van der Waals surface area (Å²) < 4.78 is 13.6. The van der Waals surface area contributed by atoms with E-state index in [2.05, 4.69) is 39.2 Å². The highest BCUT2D eigenvalue weighted by Gasteiger charge is 2.27. The lowest BCUT2D eigenvalue weighted by Crippen LogP contribution is -2.45. The monoisotopic (exact) mass is 432 g/mol. The molecule has 5 nitrogen and oxygen atoms in total. The van der Waals surface area contributed by atoms with Crippen molar-refractivity contribution >= 4 is 11.7 Å². The van der Waals surface area contributed by atoms with Crippen LogP contribution >= 0.6 is 0 Å². The van der Waals surface area contributed by atoms with E-state index in [0.717, 1.165) is 38.0 Å². The first kappa shape index (κ1) is 21.9. The first-order valence-electron chi connectivity index (χ1n) is 11.3. The molecule has 4 rings (SSSR count). The van der Waals surface area contributed by atoms with Gasteiger partial charge >= 0.3 is 0 Å². The Hall–Kier alpha value is -3.28. The van der Waals surface area contributed by atoms with E-state index in [4.69, 9.17) is 0 Å². The molecule has 1 amide bonds. The average Bonchev–Trinajstić information content (AvgIpc) is 2.83. The number of anilines is 1. The van der Waals surface area contributed by atoms with E-state index in [9.17, 15) is 9.18 Å². The Morgan fingerprint density at radius 2 is 2.03 bits per heavy atom. The standard InChI is InChI=1S/C26H29FN4O/c1-19(12-13-20-7-3-2-4-8-20)29-26(32)22-10-6-16-31(18-22)24-14-15-28-25(30-24)21-9-5-11-23(27)17-21/h2-5,7-9,11,14-15,17,19,22H,6,10,12-13,16,18H2,1H3,(H,29,32)/t19-,22-/m1/s1. The maximum Gasteiger partial charge on any atom is 0.225 e. The van der Waals surface area contributed by atoms with Crippen LogP contribution in [0.2, 0.25) is 0 Å². The van der Waals surface area contributed by atoms with E-state index >= 15 is 0 Å². The molecule has 1 saturated heterocycles. The Morgan fingerprint density at radius 1 is 1.19 bits per heavy atom. The number of hydrogen-bond donors (Lipinski definition) is 1. The van der Waals surface area contributed by atoms with E-state index < -0.39 is 0 Å². The number of nitrogens with one attached hydrogen (secondary N) is 1. The molecule has 166 valence electrons. The molecule has 1 aliphatic rings. The van der Waals surface area contributed by atoms with Crippen LogP contribution in [0.5, 0.6) is 0 Å². The van der Waals surface area contributed by atoms with E-state index in [1.54, 1.807) is 18.3 Å². The third-order valence-corrected chi connectivity index (χ3v) is 5.94. The van der Waals surface area contributed by atoms with E-state index in [1.165, 1.54) is 17.7 Å². The lowest BCUT2D eigenvalue weighted by Gasteiger charge is -2.33. The Bertz CT molecular complexity index is 1040. The fourth-order valence-corrected chi connectivity index (χ4v) is 4.15. The zero-order valence-electron chi connectivity index (χ0n) is 18.4. The van der Waals surface area contributed by atoms with Gasteiger partial charge in [0.05, 0.1) is 5.92 Å². The molecule has 0 aliphatic carbocycles. The van der Waals surface area contributed by atoms with E-state index in [-0.39, 0.29) is 23.7 Å².